The number of nitrogens with two attached hydrogens (primary N) is 1. The summed E-state index contributed by atoms with van der Waals surface area (Å²) >= 11 is 5.91. The molecule has 0 spiro atoms. The number of hydrogen-bond acceptors (Lipinski definition) is 2. The first-order valence-corrected chi connectivity index (χ1v) is 4.67. The quantitative estimate of drug-likeness (QED) is 0.819. The molecule has 1 heterocycles. The second kappa shape index (κ2) is 3.82. The fourth-order valence-corrected chi connectivity index (χ4v) is 1.50. The maximum absolute atomic E-state index is 5.91. The van der Waals surface area contributed by atoms with Crippen molar-refractivity contribution in [3.63, 3.8) is 0 Å². The van der Waals surface area contributed by atoms with E-state index in [4.69, 9.17) is 17.3 Å². The lowest BCUT2D eigenvalue weighted by Crippen LogP contribution is -2.04. The van der Waals surface area contributed by atoms with Gasteiger partial charge in [-0.1, -0.05) is 17.7 Å². The van der Waals surface area contributed by atoms with E-state index in [1.165, 1.54) is 0 Å². The molecule has 0 unspecified atom stereocenters. The number of benzene rings is 1. The monoisotopic (exact) mass is 207 g/mol. The van der Waals surface area contributed by atoms with Crippen LogP contribution in [-0.4, -0.2) is 9.78 Å². The van der Waals surface area contributed by atoms with Gasteiger partial charge in [-0.15, -0.1) is 0 Å². The Kier molecular flexibility index (Phi) is 2.52. The minimum absolute atomic E-state index is 0.479. The minimum atomic E-state index is 0.479. The van der Waals surface area contributed by atoms with Gasteiger partial charge >= 0.3 is 0 Å². The van der Waals surface area contributed by atoms with Crippen LogP contribution in [0, 0.1) is 0 Å². The standard InChI is InChI=1S/C10H10ClN3/c11-9-3-2-8(7-12)10(6-9)14-5-1-4-13-14/h1-6H,7,12H2. The van der Waals surface area contributed by atoms with Crippen molar-refractivity contribution in [2.75, 3.05) is 0 Å². The molecule has 2 aromatic rings. The summed E-state index contributed by atoms with van der Waals surface area (Å²) in [5, 5.41) is 4.83. The number of halogens is 1. The summed E-state index contributed by atoms with van der Waals surface area (Å²) in [4.78, 5) is 0. The number of rotatable bonds is 2. The van der Waals surface area contributed by atoms with E-state index < -0.39 is 0 Å². The van der Waals surface area contributed by atoms with Crippen molar-refractivity contribution in [1.82, 2.24) is 9.78 Å². The van der Waals surface area contributed by atoms with Gasteiger partial charge in [0.2, 0.25) is 0 Å². The lowest BCUT2D eigenvalue weighted by molar-refractivity contribution is 0.859. The highest BCUT2D eigenvalue weighted by Crippen LogP contribution is 2.18. The second-order valence-electron chi connectivity index (χ2n) is 2.93. The molecule has 72 valence electrons. The van der Waals surface area contributed by atoms with E-state index in [1.54, 1.807) is 10.9 Å². The summed E-state index contributed by atoms with van der Waals surface area (Å²) in [5.41, 5.74) is 7.58. The predicted octanol–water partition coefficient (Wildman–Crippen LogP) is 1.98. The Hall–Kier alpha value is -1.32. The van der Waals surface area contributed by atoms with Crippen LogP contribution in [0.25, 0.3) is 5.69 Å². The van der Waals surface area contributed by atoms with Crippen LogP contribution in [0.3, 0.4) is 0 Å². The number of aromatic nitrogens is 2. The fraction of sp³-hybridized carbons (Fsp3) is 0.100. The first-order chi connectivity index (χ1) is 6.81. The Morgan fingerprint density at radius 3 is 2.93 bits per heavy atom. The maximum atomic E-state index is 5.91. The summed E-state index contributed by atoms with van der Waals surface area (Å²) in [6.07, 6.45) is 3.59. The first kappa shape index (κ1) is 9.24. The molecular formula is C10H10ClN3. The van der Waals surface area contributed by atoms with E-state index in [0.29, 0.717) is 11.6 Å². The molecule has 0 radical (unpaired) electrons. The van der Waals surface area contributed by atoms with Crippen molar-refractivity contribution in [3.8, 4) is 5.69 Å². The largest absolute Gasteiger partial charge is 0.326 e. The molecular weight excluding hydrogens is 198 g/mol. The third-order valence-corrected chi connectivity index (χ3v) is 2.25. The number of hydrogen-bond donors (Lipinski definition) is 1. The van der Waals surface area contributed by atoms with Crippen molar-refractivity contribution in [2.45, 2.75) is 6.54 Å². The van der Waals surface area contributed by atoms with E-state index in [0.717, 1.165) is 11.3 Å². The first-order valence-electron chi connectivity index (χ1n) is 4.30. The molecule has 2 N–H and O–H groups in total. The average molecular weight is 208 g/mol. The molecule has 0 atom stereocenters. The Balaban J connectivity index is 2.55. The smallest absolute Gasteiger partial charge is 0.0705 e. The summed E-state index contributed by atoms with van der Waals surface area (Å²) in [6.45, 7) is 0.479. The van der Waals surface area contributed by atoms with Gasteiger partial charge in [0.1, 0.15) is 0 Å². The SMILES string of the molecule is NCc1ccc(Cl)cc1-n1cccn1. The number of nitrogens with zero attached hydrogens (tertiary/aromatic N) is 2. The average Bonchev–Trinajstić information content (AvgIpc) is 2.70. The van der Waals surface area contributed by atoms with Gasteiger partial charge in [-0.25, -0.2) is 4.68 Å². The van der Waals surface area contributed by atoms with Gasteiger partial charge in [0.05, 0.1) is 5.69 Å². The van der Waals surface area contributed by atoms with E-state index in [2.05, 4.69) is 5.10 Å². The zero-order chi connectivity index (χ0) is 9.97. The van der Waals surface area contributed by atoms with Crippen molar-refractivity contribution < 1.29 is 0 Å². The second-order valence-corrected chi connectivity index (χ2v) is 3.36. The van der Waals surface area contributed by atoms with Crippen LogP contribution >= 0.6 is 11.6 Å². The van der Waals surface area contributed by atoms with Gasteiger partial charge in [0.25, 0.3) is 0 Å². The van der Waals surface area contributed by atoms with Gasteiger partial charge < -0.3 is 5.73 Å². The van der Waals surface area contributed by atoms with E-state index in [-0.39, 0.29) is 0 Å². The highest BCUT2D eigenvalue weighted by atomic mass is 35.5. The van der Waals surface area contributed by atoms with Crippen molar-refractivity contribution in [2.24, 2.45) is 5.73 Å². The molecule has 3 nitrogen and oxygen atoms in total. The molecule has 0 bridgehead atoms. The highest BCUT2D eigenvalue weighted by molar-refractivity contribution is 6.30. The summed E-state index contributed by atoms with van der Waals surface area (Å²) in [7, 11) is 0. The highest BCUT2D eigenvalue weighted by Gasteiger charge is 2.03. The van der Waals surface area contributed by atoms with Crippen LogP contribution in [0.5, 0.6) is 0 Å². The molecule has 0 amide bonds. The third kappa shape index (κ3) is 1.64. The van der Waals surface area contributed by atoms with E-state index in [1.807, 2.05) is 30.5 Å². The van der Waals surface area contributed by atoms with Crippen LogP contribution in [0.2, 0.25) is 5.02 Å². The molecule has 0 aliphatic rings. The summed E-state index contributed by atoms with van der Waals surface area (Å²) in [6, 6.07) is 7.47. The predicted molar refractivity (Wildman–Crippen MR) is 56.5 cm³/mol. The van der Waals surface area contributed by atoms with Gasteiger partial charge in [0.15, 0.2) is 0 Å². The molecule has 2 rings (SSSR count). The molecule has 1 aromatic carbocycles. The van der Waals surface area contributed by atoms with Gasteiger partial charge in [-0.3, -0.25) is 0 Å². The maximum Gasteiger partial charge on any atom is 0.0705 e. The van der Waals surface area contributed by atoms with Crippen LogP contribution < -0.4 is 5.73 Å². The summed E-state index contributed by atoms with van der Waals surface area (Å²) < 4.78 is 1.76. The van der Waals surface area contributed by atoms with Crippen molar-refractivity contribution in [1.29, 1.82) is 0 Å². The summed E-state index contributed by atoms with van der Waals surface area (Å²) in [5.74, 6) is 0. The van der Waals surface area contributed by atoms with Crippen LogP contribution in [0.15, 0.2) is 36.7 Å². The fourth-order valence-electron chi connectivity index (χ4n) is 1.33. The Morgan fingerprint density at radius 1 is 1.43 bits per heavy atom. The van der Waals surface area contributed by atoms with Gasteiger partial charge in [-0.05, 0) is 23.8 Å². The molecule has 1 aromatic heterocycles. The van der Waals surface area contributed by atoms with Crippen LogP contribution in [-0.2, 0) is 6.54 Å². The molecule has 14 heavy (non-hydrogen) atoms. The Labute approximate surface area is 87.1 Å². The van der Waals surface area contributed by atoms with E-state index >= 15 is 0 Å². The molecule has 0 saturated heterocycles. The van der Waals surface area contributed by atoms with Crippen molar-refractivity contribution in [3.05, 3.63) is 47.2 Å². The van der Waals surface area contributed by atoms with E-state index in [9.17, 15) is 0 Å². The van der Waals surface area contributed by atoms with Crippen LogP contribution in [0.1, 0.15) is 5.56 Å². The molecule has 0 aliphatic heterocycles. The molecule has 0 saturated carbocycles. The van der Waals surface area contributed by atoms with Gasteiger partial charge in [-0.2, -0.15) is 5.10 Å². The van der Waals surface area contributed by atoms with Crippen LogP contribution in [0.4, 0.5) is 0 Å². The minimum Gasteiger partial charge on any atom is -0.326 e. The lowest BCUT2D eigenvalue weighted by atomic mass is 10.2. The third-order valence-electron chi connectivity index (χ3n) is 2.02. The lowest BCUT2D eigenvalue weighted by Gasteiger charge is -2.07. The topological polar surface area (TPSA) is 43.8 Å². The van der Waals surface area contributed by atoms with Crippen molar-refractivity contribution >= 4 is 11.6 Å². The molecule has 4 heteroatoms. The Morgan fingerprint density at radius 2 is 2.29 bits per heavy atom. The van der Waals surface area contributed by atoms with Gasteiger partial charge in [0, 0.05) is 24.0 Å². The molecule has 0 fully saturated rings. The zero-order valence-corrected chi connectivity index (χ0v) is 8.28. The Bertz CT molecular complexity index is 423. The normalized spacial score (nSPS) is 10.4. The molecule has 0 aliphatic carbocycles. The zero-order valence-electron chi connectivity index (χ0n) is 7.52.